The maximum Gasteiger partial charge on any atom is 0.161 e. The lowest BCUT2D eigenvalue weighted by Crippen LogP contribution is -2.12. The summed E-state index contributed by atoms with van der Waals surface area (Å²) in [4.78, 5) is 8.90. The summed E-state index contributed by atoms with van der Waals surface area (Å²) >= 11 is 0. The Labute approximate surface area is 157 Å². The molecule has 140 valence electrons. The Morgan fingerprint density at radius 1 is 1.15 bits per heavy atom. The topological polar surface area (TPSA) is 67.3 Å². The number of phenols is 1. The van der Waals surface area contributed by atoms with E-state index < -0.39 is 0 Å². The largest absolute Gasteiger partial charge is 0.504 e. The van der Waals surface area contributed by atoms with Gasteiger partial charge in [0.15, 0.2) is 11.5 Å². The Balaban J connectivity index is 1.86. The monoisotopic (exact) mass is 367 g/mol. The molecule has 1 unspecified atom stereocenters. The first-order chi connectivity index (χ1) is 13.1. The van der Waals surface area contributed by atoms with Gasteiger partial charge in [-0.2, -0.15) is 0 Å². The van der Waals surface area contributed by atoms with Gasteiger partial charge in [0.2, 0.25) is 0 Å². The third-order valence-corrected chi connectivity index (χ3v) is 4.28. The van der Waals surface area contributed by atoms with Crippen LogP contribution in [0, 0.1) is 5.82 Å². The van der Waals surface area contributed by atoms with Crippen LogP contribution in [0.4, 0.5) is 10.2 Å². The van der Waals surface area contributed by atoms with Gasteiger partial charge in [0.1, 0.15) is 11.6 Å². The number of hydrogen-bond acceptors (Lipinski definition) is 5. The summed E-state index contributed by atoms with van der Waals surface area (Å²) in [5.41, 5.74) is 2.44. The molecule has 0 aliphatic heterocycles. The average Bonchev–Trinajstić information content (AvgIpc) is 2.69. The van der Waals surface area contributed by atoms with Gasteiger partial charge in [0.25, 0.3) is 0 Å². The van der Waals surface area contributed by atoms with Gasteiger partial charge in [-0.1, -0.05) is 25.5 Å². The van der Waals surface area contributed by atoms with Crippen LogP contribution in [0.25, 0.3) is 11.3 Å². The standard InChI is InChI=1S/C21H22FN3O2/c1-3-4-17(14-5-8-16(22)9-6-14)24-21-13-23-12-18(25-21)15-7-10-19(26)20(11-15)27-2/h5-13,17,26H,3-4H2,1-2H3,(H,24,25). The molecule has 2 N–H and O–H groups in total. The summed E-state index contributed by atoms with van der Waals surface area (Å²) in [5, 5.41) is 13.1. The van der Waals surface area contributed by atoms with Gasteiger partial charge in [0, 0.05) is 5.56 Å². The van der Waals surface area contributed by atoms with Gasteiger partial charge in [-0.15, -0.1) is 0 Å². The maximum atomic E-state index is 13.2. The Kier molecular flexibility index (Phi) is 5.86. The second kappa shape index (κ2) is 8.49. The number of aromatic hydroxyl groups is 1. The highest BCUT2D eigenvalue weighted by Crippen LogP contribution is 2.31. The predicted molar refractivity (Wildman–Crippen MR) is 103 cm³/mol. The van der Waals surface area contributed by atoms with Crippen LogP contribution in [-0.4, -0.2) is 22.2 Å². The number of rotatable bonds is 7. The van der Waals surface area contributed by atoms with Crippen molar-refractivity contribution in [3.05, 3.63) is 66.2 Å². The van der Waals surface area contributed by atoms with Crippen LogP contribution in [-0.2, 0) is 0 Å². The number of phenolic OH excluding ortho intramolecular Hbond substituents is 1. The fourth-order valence-corrected chi connectivity index (χ4v) is 2.90. The lowest BCUT2D eigenvalue weighted by atomic mass is 10.0. The van der Waals surface area contributed by atoms with Crippen molar-refractivity contribution in [1.29, 1.82) is 0 Å². The third kappa shape index (κ3) is 4.53. The predicted octanol–water partition coefficient (Wildman–Crippen LogP) is 4.95. The molecule has 0 saturated carbocycles. The Morgan fingerprint density at radius 2 is 1.93 bits per heavy atom. The van der Waals surface area contributed by atoms with Crippen molar-refractivity contribution in [2.45, 2.75) is 25.8 Å². The number of hydrogen-bond donors (Lipinski definition) is 2. The van der Waals surface area contributed by atoms with Crippen molar-refractivity contribution in [2.24, 2.45) is 0 Å². The molecular weight excluding hydrogens is 345 g/mol. The van der Waals surface area contributed by atoms with E-state index in [0.29, 0.717) is 17.3 Å². The highest BCUT2D eigenvalue weighted by atomic mass is 19.1. The number of nitrogens with zero attached hydrogens (tertiary/aromatic N) is 2. The molecule has 2 aromatic carbocycles. The lowest BCUT2D eigenvalue weighted by molar-refractivity contribution is 0.373. The second-order valence-corrected chi connectivity index (χ2v) is 6.21. The van der Waals surface area contributed by atoms with Crippen molar-refractivity contribution in [2.75, 3.05) is 12.4 Å². The van der Waals surface area contributed by atoms with Gasteiger partial charge < -0.3 is 15.2 Å². The van der Waals surface area contributed by atoms with Crippen LogP contribution in [0.3, 0.4) is 0 Å². The van der Waals surface area contributed by atoms with E-state index in [1.54, 1.807) is 42.7 Å². The fraction of sp³-hybridized carbons (Fsp3) is 0.238. The summed E-state index contributed by atoms with van der Waals surface area (Å²) < 4.78 is 18.4. The first-order valence-corrected chi connectivity index (χ1v) is 8.82. The van der Waals surface area contributed by atoms with E-state index in [9.17, 15) is 9.50 Å². The molecular formula is C21H22FN3O2. The Bertz CT molecular complexity index is 900. The first-order valence-electron chi connectivity index (χ1n) is 8.82. The fourth-order valence-electron chi connectivity index (χ4n) is 2.90. The molecule has 0 bridgehead atoms. The SMILES string of the molecule is CCCC(Nc1cncc(-c2ccc(O)c(OC)c2)n1)c1ccc(F)cc1. The van der Waals surface area contributed by atoms with Crippen LogP contribution >= 0.6 is 0 Å². The van der Waals surface area contributed by atoms with Crippen LogP contribution in [0.5, 0.6) is 11.5 Å². The van der Waals surface area contributed by atoms with Gasteiger partial charge in [-0.3, -0.25) is 4.98 Å². The number of nitrogens with one attached hydrogen (secondary N) is 1. The number of benzene rings is 2. The molecule has 0 saturated heterocycles. The van der Waals surface area contributed by atoms with Crippen LogP contribution < -0.4 is 10.1 Å². The van der Waals surface area contributed by atoms with Gasteiger partial charge in [-0.25, -0.2) is 9.37 Å². The minimum Gasteiger partial charge on any atom is -0.504 e. The molecule has 0 aliphatic rings. The van der Waals surface area contributed by atoms with E-state index in [-0.39, 0.29) is 17.6 Å². The molecule has 0 spiro atoms. The number of ether oxygens (including phenoxy) is 1. The zero-order valence-electron chi connectivity index (χ0n) is 15.3. The molecule has 3 aromatic rings. The van der Waals surface area contributed by atoms with E-state index in [1.165, 1.54) is 19.2 Å². The zero-order chi connectivity index (χ0) is 19.2. The highest BCUT2D eigenvalue weighted by molar-refractivity contribution is 5.64. The lowest BCUT2D eigenvalue weighted by Gasteiger charge is -2.19. The van der Waals surface area contributed by atoms with Gasteiger partial charge >= 0.3 is 0 Å². The van der Waals surface area contributed by atoms with Crippen molar-refractivity contribution in [3.63, 3.8) is 0 Å². The van der Waals surface area contributed by atoms with E-state index >= 15 is 0 Å². The molecule has 1 atom stereocenters. The van der Waals surface area contributed by atoms with E-state index in [4.69, 9.17) is 4.74 Å². The average molecular weight is 367 g/mol. The summed E-state index contributed by atoms with van der Waals surface area (Å²) in [6, 6.07) is 11.5. The smallest absolute Gasteiger partial charge is 0.161 e. The van der Waals surface area contributed by atoms with E-state index in [1.807, 2.05) is 0 Å². The third-order valence-electron chi connectivity index (χ3n) is 4.28. The van der Waals surface area contributed by atoms with Gasteiger partial charge in [-0.05, 0) is 42.3 Å². The van der Waals surface area contributed by atoms with E-state index in [2.05, 4.69) is 22.2 Å². The normalized spacial score (nSPS) is 11.8. The quantitative estimate of drug-likeness (QED) is 0.618. The molecule has 1 aromatic heterocycles. The highest BCUT2D eigenvalue weighted by Gasteiger charge is 2.13. The van der Waals surface area contributed by atoms with E-state index in [0.717, 1.165) is 24.0 Å². The molecule has 0 radical (unpaired) electrons. The molecule has 0 fully saturated rings. The number of methoxy groups -OCH3 is 1. The number of aromatic nitrogens is 2. The summed E-state index contributed by atoms with van der Waals surface area (Å²) in [6.45, 7) is 2.10. The first kappa shape index (κ1) is 18.6. The maximum absolute atomic E-state index is 13.2. The van der Waals surface area contributed by atoms with Crippen molar-refractivity contribution in [1.82, 2.24) is 9.97 Å². The molecule has 3 rings (SSSR count). The zero-order valence-corrected chi connectivity index (χ0v) is 15.3. The number of halogens is 1. The summed E-state index contributed by atoms with van der Waals surface area (Å²) in [7, 11) is 1.50. The van der Waals surface area contributed by atoms with Crippen LogP contribution in [0.2, 0.25) is 0 Å². The molecule has 27 heavy (non-hydrogen) atoms. The Hall–Kier alpha value is -3.15. The number of anilines is 1. The van der Waals surface area contributed by atoms with Crippen molar-refractivity contribution in [3.8, 4) is 22.8 Å². The van der Waals surface area contributed by atoms with Crippen LogP contribution in [0.1, 0.15) is 31.4 Å². The summed E-state index contributed by atoms with van der Waals surface area (Å²) in [6.07, 6.45) is 5.17. The molecule has 1 heterocycles. The van der Waals surface area contributed by atoms with Gasteiger partial charge in [0.05, 0.1) is 31.2 Å². The molecule has 0 amide bonds. The minimum absolute atomic E-state index is 0.00880. The van der Waals surface area contributed by atoms with Crippen molar-refractivity contribution < 1.29 is 14.2 Å². The Morgan fingerprint density at radius 3 is 2.63 bits per heavy atom. The molecule has 5 nitrogen and oxygen atoms in total. The van der Waals surface area contributed by atoms with Crippen molar-refractivity contribution >= 4 is 5.82 Å². The minimum atomic E-state index is -0.253. The molecule has 0 aliphatic carbocycles. The second-order valence-electron chi connectivity index (χ2n) is 6.21. The van der Waals surface area contributed by atoms with Crippen LogP contribution in [0.15, 0.2) is 54.9 Å². The summed E-state index contributed by atoms with van der Waals surface area (Å²) in [5.74, 6) is 0.824. The molecule has 6 heteroatoms.